The summed E-state index contributed by atoms with van der Waals surface area (Å²) in [5.41, 5.74) is 2.26. The van der Waals surface area contributed by atoms with E-state index in [9.17, 15) is 8.42 Å². The number of rotatable bonds is 4. The third kappa shape index (κ3) is 2.77. The number of nitrogens with one attached hydrogen (secondary N) is 1. The van der Waals surface area contributed by atoms with Crippen LogP contribution in [0.25, 0.3) is 10.9 Å². The fourth-order valence-corrected chi connectivity index (χ4v) is 6.74. The molecule has 1 unspecified atom stereocenters. The fourth-order valence-electron chi connectivity index (χ4n) is 3.44. The number of nitrogens with zero attached hydrogens (tertiary/aromatic N) is 1. The minimum absolute atomic E-state index is 0.00455. The van der Waals surface area contributed by atoms with Gasteiger partial charge in [0.05, 0.1) is 4.34 Å². The molecule has 3 aromatic rings. The monoisotopic (exact) mass is 380 g/mol. The summed E-state index contributed by atoms with van der Waals surface area (Å²) in [4.78, 5) is 3.27. The van der Waals surface area contributed by atoms with Crippen LogP contribution in [0.4, 0.5) is 0 Å². The molecule has 4 rings (SSSR count). The van der Waals surface area contributed by atoms with Crippen molar-refractivity contribution >= 4 is 43.9 Å². The fraction of sp³-hybridized carbons (Fsp3) is 0.294. The molecule has 1 fully saturated rings. The van der Waals surface area contributed by atoms with Crippen molar-refractivity contribution in [1.82, 2.24) is 9.29 Å². The summed E-state index contributed by atoms with van der Waals surface area (Å²) in [7, 11) is -3.47. The molecule has 0 saturated carbocycles. The summed E-state index contributed by atoms with van der Waals surface area (Å²) in [5.74, 6) is 0. The van der Waals surface area contributed by atoms with E-state index in [4.69, 9.17) is 11.6 Å². The molecule has 1 aliphatic rings. The van der Waals surface area contributed by atoms with Crippen LogP contribution in [-0.2, 0) is 16.4 Å². The number of sulfonamides is 1. The highest BCUT2D eigenvalue weighted by Crippen LogP contribution is 2.34. The topological polar surface area (TPSA) is 53.2 Å². The highest BCUT2D eigenvalue weighted by Gasteiger charge is 2.36. The molecule has 4 nitrogen and oxygen atoms in total. The standard InChI is InChI=1S/C17H17ClN2O2S2/c18-16-7-8-17(23-16)24(21,22)20-9-3-4-13(20)10-12-11-19-15-6-2-1-5-14(12)15/h1-2,5-8,11,13,19H,3-4,9-10H2. The Hall–Kier alpha value is -1.34. The number of halogens is 1. The zero-order chi connectivity index (χ0) is 16.7. The van der Waals surface area contributed by atoms with E-state index in [0.717, 1.165) is 36.1 Å². The van der Waals surface area contributed by atoms with Gasteiger partial charge in [-0.05, 0) is 43.0 Å². The second kappa shape index (κ2) is 6.19. The zero-order valence-corrected chi connectivity index (χ0v) is 15.3. The van der Waals surface area contributed by atoms with E-state index in [2.05, 4.69) is 11.1 Å². The Morgan fingerprint density at radius 3 is 2.88 bits per heavy atom. The minimum Gasteiger partial charge on any atom is -0.361 e. The molecule has 3 heterocycles. The molecule has 1 aromatic carbocycles. The van der Waals surface area contributed by atoms with E-state index < -0.39 is 10.0 Å². The Morgan fingerprint density at radius 1 is 1.25 bits per heavy atom. The van der Waals surface area contributed by atoms with Crippen molar-refractivity contribution in [3.63, 3.8) is 0 Å². The first-order valence-corrected chi connectivity index (χ1v) is 10.5. The minimum atomic E-state index is -3.47. The van der Waals surface area contributed by atoms with Crippen molar-refractivity contribution in [2.75, 3.05) is 6.54 Å². The molecule has 0 bridgehead atoms. The van der Waals surface area contributed by atoms with Gasteiger partial charge in [0.2, 0.25) is 0 Å². The number of thiophene rings is 1. The first-order chi connectivity index (χ1) is 11.6. The van der Waals surface area contributed by atoms with Crippen molar-refractivity contribution in [3.8, 4) is 0 Å². The van der Waals surface area contributed by atoms with Crippen LogP contribution in [0.15, 0.2) is 46.8 Å². The maximum Gasteiger partial charge on any atom is 0.252 e. The second-order valence-electron chi connectivity index (χ2n) is 6.03. The van der Waals surface area contributed by atoms with Crippen LogP contribution >= 0.6 is 22.9 Å². The summed E-state index contributed by atoms with van der Waals surface area (Å²) in [5, 5.41) is 1.17. The third-order valence-corrected chi connectivity index (χ3v) is 8.22. The zero-order valence-electron chi connectivity index (χ0n) is 12.9. The summed E-state index contributed by atoms with van der Waals surface area (Å²) in [6.45, 7) is 0.574. The highest BCUT2D eigenvalue weighted by atomic mass is 35.5. The number of hydrogen-bond donors (Lipinski definition) is 1. The molecule has 1 atom stereocenters. The van der Waals surface area contributed by atoms with Gasteiger partial charge in [-0.2, -0.15) is 4.31 Å². The van der Waals surface area contributed by atoms with Crippen LogP contribution < -0.4 is 0 Å². The smallest absolute Gasteiger partial charge is 0.252 e. The molecule has 1 aliphatic heterocycles. The molecule has 0 radical (unpaired) electrons. The largest absolute Gasteiger partial charge is 0.361 e. The van der Waals surface area contributed by atoms with Gasteiger partial charge < -0.3 is 4.98 Å². The van der Waals surface area contributed by atoms with Crippen LogP contribution in [0.1, 0.15) is 18.4 Å². The molecule has 1 N–H and O–H groups in total. The molecule has 126 valence electrons. The molecule has 0 aliphatic carbocycles. The molecule has 24 heavy (non-hydrogen) atoms. The lowest BCUT2D eigenvalue weighted by Crippen LogP contribution is -2.36. The van der Waals surface area contributed by atoms with Crippen molar-refractivity contribution in [3.05, 3.63) is 52.5 Å². The first kappa shape index (κ1) is 16.1. The average Bonchev–Trinajstić information content (AvgIpc) is 3.28. The number of aromatic amines is 1. The van der Waals surface area contributed by atoms with Gasteiger partial charge in [-0.1, -0.05) is 29.8 Å². The molecule has 0 spiro atoms. The second-order valence-corrected chi connectivity index (χ2v) is 9.87. The van der Waals surface area contributed by atoms with Crippen LogP contribution in [0, 0.1) is 0 Å². The number of fused-ring (bicyclic) bond motifs is 1. The molecule has 2 aromatic heterocycles. The van der Waals surface area contributed by atoms with Gasteiger partial charge in [-0.15, -0.1) is 11.3 Å². The molecule has 1 saturated heterocycles. The summed E-state index contributed by atoms with van der Waals surface area (Å²) in [6.07, 6.45) is 4.50. The summed E-state index contributed by atoms with van der Waals surface area (Å²) < 4.78 is 28.3. The van der Waals surface area contributed by atoms with Crippen LogP contribution in [0.5, 0.6) is 0 Å². The lowest BCUT2D eigenvalue weighted by atomic mass is 10.0. The summed E-state index contributed by atoms with van der Waals surface area (Å²) >= 11 is 7.05. The van der Waals surface area contributed by atoms with Gasteiger partial charge in [0, 0.05) is 29.7 Å². The van der Waals surface area contributed by atoms with Crippen LogP contribution in [-0.4, -0.2) is 30.3 Å². The number of H-pyrrole nitrogens is 1. The predicted molar refractivity (Wildman–Crippen MR) is 98.2 cm³/mol. The normalized spacial score (nSPS) is 19.3. The predicted octanol–water partition coefficient (Wildman–Crippen LogP) is 4.28. The van der Waals surface area contributed by atoms with Crippen molar-refractivity contribution in [2.45, 2.75) is 29.5 Å². The van der Waals surface area contributed by atoms with Crippen molar-refractivity contribution < 1.29 is 8.42 Å². The lowest BCUT2D eigenvalue weighted by molar-refractivity contribution is 0.387. The van der Waals surface area contributed by atoms with Gasteiger partial charge in [0.1, 0.15) is 4.21 Å². The van der Waals surface area contributed by atoms with Crippen molar-refractivity contribution in [2.24, 2.45) is 0 Å². The maximum atomic E-state index is 12.9. The van der Waals surface area contributed by atoms with Gasteiger partial charge in [-0.3, -0.25) is 0 Å². The molecular weight excluding hydrogens is 364 g/mol. The lowest BCUT2D eigenvalue weighted by Gasteiger charge is -2.23. The Bertz CT molecular complexity index is 977. The van der Waals surface area contributed by atoms with Crippen LogP contribution in [0.3, 0.4) is 0 Å². The van der Waals surface area contributed by atoms with Gasteiger partial charge in [0.15, 0.2) is 0 Å². The van der Waals surface area contributed by atoms with Gasteiger partial charge in [-0.25, -0.2) is 8.42 Å². The quantitative estimate of drug-likeness (QED) is 0.734. The average molecular weight is 381 g/mol. The van der Waals surface area contributed by atoms with E-state index in [0.29, 0.717) is 15.1 Å². The molecular formula is C17H17ClN2O2S2. The van der Waals surface area contributed by atoms with E-state index in [-0.39, 0.29) is 6.04 Å². The number of aromatic nitrogens is 1. The summed E-state index contributed by atoms with van der Waals surface area (Å²) in [6, 6.07) is 11.4. The van der Waals surface area contributed by atoms with Gasteiger partial charge in [0.25, 0.3) is 10.0 Å². The van der Waals surface area contributed by atoms with Crippen molar-refractivity contribution in [1.29, 1.82) is 0 Å². The molecule has 7 heteroatoms. The third-order valence-electron chi connectivity index (χ3n) is 4.57. The Labute approximate surface area is 150 Å². The number of benzene rings is 1. The highest BCUT2D eigenvalue weighted by molar-refractivity contribution is 7.91. The Balaban J connectivity index is 1.63. The van der Waals surface area contributed by atoms with Crippen LogP contribution in [0.2, 0.25) is 4.34 Å². The van der Waals surface area contributed by atoms with E-state index in [1.807, 2.05) is 24.4 Å². The van der Waals surface area contributed by atoms with Gasteiger partial charge >= 0.3 is 0 Å². The number of para-hydroxylation sites is 1. The van der Waals surface area contributed by atoms with E-state index in [1.165, 1.54) is 10.9 Å². The van der Waals surface area contributed by atoms with E-state index in [1.54, 1.807) is 16.4 Å². The maximum absolute atomic E-state index is 12.9. The Kier molecular flexibility index (Phi) is 4.16. The van der Waals surface area contributed by atoms with E-state index >= 15 is 0 Å². The SMILES string of the molecule is O=S(=O)(c1ccc(Cl)s1)N1CCCC1Cc1c[nH]c2ccccc12. The molecule has 0 amide bonds. The Morgan fingerprint density at radius 2 is 2.08 bits per heavy atom. The first-order valence-electron chi connectivity index (χ1n) is 7.88. The number of hydrogen-bond acceptors (Lipinski definition) is 3.